The van der Waals surface area contributed by atoms with Crippen LogP contribution in [0.2, 0.25) is 0 Å². The van der Waals surface area contributed by atoms with E-state index in [9.17, 15) is 10.1 Å². The summed E-state index contributed by atoms with van der Waals surface area (Å²) in [6.45, 7) is 0.772. The number of methoxy groups -OCH3 is 2. The van der Waals surface area contributed by atoms with Crippen molar-refractivity contribution in [1.82, 2.24) is 15.2 Å². The van der Waals surface area contributed by atoms with Crippen molar-refractivity contribution in [2.45, 2.75) is 12.3 Å². The highest BCUT2D eigenvalue weighted by Crippen LogP contribution is 2.19. The summed E-state index contributed by atoms with van der Waals surface area (Å²) in [5, 5.41) is 15.9. The molecule has 0 radical (unpaired) electrons. The van der Waals surface area contributed by atoms with Gasteiger partial charge < -0.3 is 24.1 Å². The van der Waals surface area contributed by atoms with Gasteiger partial charge in [-0.3, -0.25) is 0 Å². The monoisotopic (exact) mass is 285 g/mol. The molecule has 20 heavy (non-hydrogen) atoms. The number of nitrogens with zero attached hydrogens (tertiary/aromatic N) is 4. The van der Waals surface area contributed by atoms with E-state index in [4.69, 9.17) is 13.9 Å². The third-order valence-corrected chi connectivity index (χ3v) is 3.00. The lowest BCUT2D eigenvalue weighted by atomic mass is 10.2. The fourth-order valence-electron chi connectivity index (χ4n) is 1.92. The molecule has 0 spiro atoms. The summed E-state index contributed by atoms with van der Waals surface area (Å²) in [4.78, 5) is 16.0. The zero-order valence-electron chi connectivity index (χ0n) is 11.1. The quantitative estimate of drug-likeness (QED) is 0.442. The number of aromatic nitrogens is 1. The molecule has 0 amide bonds. The van der Waals surface area contributed by atoms with Gasteiger partial charge in [0.2, 0.25) is 5.79 Å². The molecule has 1 aromatic heterocycles. The van der Waals surface area contributed by atoms with Crippen LogP contribution >= 0.6 is 0 Å². The van der Waals surface area contributed by atoms with Gasteiger partial charge in [-0.05, 0) is 0 Å². The maximum Gasteiger partial charge on any atom is 0.272 e. The molecule has 1 aliphatic rings. The Hall–Kier alpha value is -2.20. The Balaban J connectivity index is 2.20. The highest BCUT2D eigenvalue weighted by molar-refractivity contribution is 5.80. The van der Waals surface area contributed by atoms with Gasteiger partial charge in [0, 0.05) is 14.2 Å². The van der Waals surface area contributed by atoms with Gasteiger partial charge in [-0.15, -0.1) is 0 Å². The molecule has 1 aliphatic heterocycles. The number of oxazole rings is 1. The Bertz CT molecular complexity index is 484. The van der Waals surface area contributed by atoms with E-state index in [0.29, 0.717) is 5.76 Å². The molecular formula is C10H15N5O5. The van der Waals surface area contributed by atoms with Crippen LogP contribution in [0.1, 0.15) is 5.76 Å². The first-order chi connectivity index (χ1) is 9.58. The van der Waals surface area contributed by atoms with Crippen LogP contribution in [0.5, 0.6) is 0 Å². The second-order valence-corrected chi connectivity index (χ2v) is 4.16. The van der Waals surface area contributed by atoms with Crippen molar-refractivity contribution in [2.75, 3.05) is 27.3 Å². The van der Waals surface area contributed by atoms with Crippen molar-refractivity contribution in [3.8, 4) is 0 Å². The smallest absolute Gasteiger partial charge is 0.272 e. The van der Waals surface area contributed by atoms with Crippen LogP contribution in [0, 0.1) is 10.1 Å². The minimum absolute atomic E-state index is 0.121. The SMILES string of the molecule is COC1(OC)CNC(=N[N+](=O)[O-])N(Cc2cnco2)C1. The summed E-state index contributed by atoms with van der Waals surface area (Å²) >= 11 is 0. The first kappa shape index (κ1) is 14.2. The zero-order chi connectivity index (χ0) is 14.6. The Morgan fingerprint density at radius 2 is 2.40 bits per heavy atom. The van der Waals surface area contributed by atoms with E-state index in [0.717, 1.165) is 0 Å². The summed E-state index contributed by atoms with van der Waals surface area (Å²) in [5.74, 6) is -0.239. The van der Waals surface area contributed by atoms with Gasteiger partial charge in [-0.1, -0.05) is 0 Å². The molecule has 0 aliphatic carbocycles. The van der Waals surface area contributed by atoms with E-state index < -0.39 is 10.8 Å². The van der Waals surface area contributed by atoms with Crippen LogP contribution in [0.25, 0.3) is 0 Å². The number of hydrogen-bond donors (Lipinski definition) is 1. The summed E-state index contributed by atoms with van der Waals surface area (Å²) in [5.41, 5.74) is 0. The predicted octanol–water partition coefficient (Wildman–Crippen LogP) is -0.383. The minimum Gasteiger partial charge on any atom is -0.447 e. The molecule has 0 bridgehead atoms. The molecule has 10 nitrogen and oxygen atoms in total. The Morgan fingerprint density at radius 3 is 2.95 bits per heavy atom. The molecule has 1 N–H and O–H groups in total. The lowest BCUT2D eigenvalue weighted by Crippen LogP contribution is -2.62. The minimum atomic E-state index is -0.907. The Morgan fingerprint density at radius 1 is 1.65 bits per heavy atom. The molecule has 2 rings (SSSR count). The molecule has 1 fully saturated rings. The molecule has 0 unspecified atom stereocenters. The number of rotatable bonds is 5. The number of hydrogen-bond acceptors (Lipinski definition) is 6. The Kier molecular flexibility index (Phi) is 4.15. The van der Waals surface area contributed by atoms with Gasteiger partial charge in [0.05, 0.1) is 25.8 Å². The molecule has 0 atom stereocenters. The van der Waals surface area contributed by atoms with E-state index in [1.54, 1.807) is 4.90 Å². The first-order valence-electron chi connectivity index (χ1n) is 5.78. The molecule has 1 aromatic rings. The van der Waals surface area contributed by atoms with Crippen LogP contribution in [-0.2, 0) is 16.0 Å². The fraction of sp³-hybridized carbons (Fsp3) is 0.600. The summed E-state index contributed by atoms with van der Waals surface area (Å²) in [7, 11) is 3.01. The van der Waals surface area contributed by atoms with Crippen molar-refractivity contribution in [3.63, 3.8) is 0 Å². The maximum absolute atomic E-state index is 10.6. The van der Waals surface area contributed by atoms with E-state index in [1.165, 1.54) is 26.8 Å². The fourth-order valence-corrected chi connectivity index (χ4v) is 1.92. The topological polar surface area (TPSA) is 115 Å². The third kappa shape index (κ3) is 3.03. The van der Waals surface area contributed by atoms with E-state index in [2.05, 4.69) is 15.4 Å². The van der Waals surface area contributed by atoms with Gasteiger partial charge in [-0.2, -0.15) is 0 Å². The van der Waals surface area contributed by atoms with Gasteiger partial charge in [0.1, 0.15) is 10.9 Å². The van der Waals surface area contributed by atoms with Crippen LogP contribution in [-0.4, -0.2) is 54.0 Å². The van der Waals surface area contributed by atoms with Crippen molar-refractivity contribution in [2.24, 2.45) is 5.10 Å². The third-order valence-electron chi connectivity index (χ3n) is 3.00. The average Bonchev–Trinajstić information content (AvgIpc) is 2.93. The van der Waals surface area contributed by atoms with E-state index >= 15 is 0 Å². The van der Waals surface area contributed by atoms with Crippen LogP contribution in [0.4, 0.5) is 0 Å². The highest BCUT2D eigenvalue weighted by atomic mass is 16.7. The predicted molar refractivity (Wildman–Crippen MR) is 66.1 cm³/mol. The number of guanidine groups is 1. The zero-order valence-corrected chi connectivity index (χ0v) is 11.1. The van der Waals surface area contributed by atoms with E-state index in [1.807, 2.05) is 0 Å². The van der Waals surface area contributed by atoms with Crippen molar-refractivity contribution in [3.05, 3.63) is 28.5 Å². The Labute approximate surface area is 114 Å². The average molecular weight is 285 g/mol. The van der Waals surface area contributed by atoms with Crippen LogP contribution in [0.3, 0.4) is 0 Å². The van der Waals surface area contributed by atoms with Gasteiger partial charge in [0.15, 0.2) is 11.4 Å². The normalized spacial score (nSPS) is 19.9. The lowest BCUT2D eigenvalue weighted by molar-refractivity contribution is -0.486. The van der Waals surface area contributed by atoms with Gasteiger partial charge in [-0.25, -0.2) is 15.1 Å². The molecule has 110 valence electrons. The molecule has 0 aromatic carbocycles. The van der Waals surface area contributed by atoms with Crippen molar-refractivity contribution >= 4 is 5.96 Å². The number of ether oxygens (including phenoxy) is 2. The molecule has 2 heterocycles. The summed E-state index contributed by atoms with van der Waals surface area (Å²) in [6.07, 6.45) is 2.82. The standard InChI is InChI=1S/C10H15N5O5/c1-18-10(19-2)5-12-9(13-15(16)17)14(6-10)4-8-3-11-7-20-8/h3,7H,4-6H2,1-2H3,(H,12,13). The summed E-state index contributed by atoms with van der Waals surface area (Å²) < 4.78 is 15.8. The van der Waals surface area contributed by atoms with E-state index in [-0.39, 0.29) is 25.6 Å². The van der Waals surface area contributed by atoms with Gasteiger partial charge in [0.25, 0.3) is 5.96 Å². The van der Waals surface area contributed by atoms with Crippen LogP contribution in [0.15, 0.2) is 22.1 Å². The number of hydrazone groups is 1. The molecule has 0 saturated carbocycles. The molecular weight excluding hydrogens is 270 g/mol. The maximum atomic E-state index is 10.6. The second kappa shape index (κ2) is 5.84. The first-order valence-corrected chi connectivity index (χ1v) is 5.78. The number of nitro groups is 1. The largest absolute Gasteiger partial charge is 0.447 e. The highest BCUT2D eigenvalue weighted by Gasteiger charge is 2.39. The molecule has 10 heteroatoms. The molecule has 1 saturated heterocycles. The number of nitrogens with one attached hydrogen (secondary N) is 1. The van der Waals surface area contributed by atoms with Crippen LogP contribution < -0.4 is 5.32 Å². The summed E-state index contributed by atoms with van der Waals surface area (Å²) in [6, 6.07) is 0. The second-order valence-electron chi connectivity index (χ2n) is 4.16. The van der Waals surface area contributed by atoms with Gasteiger partial charge >= 0.3 is 0 Å². The lowest BCUT2D eigenvalue weighted by Gasteiger charge is -2.41. The van der Waals surface area contributed by atoms with Crippen molar-refractivity contribution < 1.29 is 18.9 Å². The van der Waals surface area contributed by atoms with Crippen molar-refractivity contribution in [1.29, 1.82) is 0 Å².